The Morgan fingerprint density at radius 3 is 2.95 bits per heavy atom. The van der Waals surface area contributed by atoms with Crippen molar-refractivity contribution in [2.45, 2.75) is 19.4 Å². The van der Waals surface area contributed by atoms with E-state index in [1.807, 2.05) is 6.92 Å². The van der Waals surface area contributed by atoms with Crippen molar-refractivity contribution in [1.29, 1.82) is 0 Å². The minimum Gasteiger partial charge on any atom is -0.378 e. The maximum absolute atomic E-state index is 12.0. The summed E-state index contributed by atoms with van der Waals surface area (Å²) < 4.78 is 5.41. The van der Waals surface area contributed by atoms with Crippen LogP contribution in [0.25, 0.3) is 0 Å². The Morgan fingerprint density at radius 1 is 1.60 bits per heavy atom. The number of amides is 1. The summed E-state index contributed by atoms with van der Waals surface area (Å²) in [6, 6.07) is 3.81. The molecule has 1 fully saturated rings. The highest BCUT2D eigenvalue weighted by atomic mass is 35.5. The molecule has 1 aliphatic rings. The lowest BCUT2D eigenvalue weighted by Gasteiger charge is -2.15. The number of hydrogen-bond acceptors (Lipinski definition) is 4. The Morgan fingerprint density at radius 2 is 2.35 bits per heavy atom. The average Bonchev–Trinajstić information content (AvgIpc) is 2.81. The van der Waals surface area contributed by atoms with Gasteiger partial charge in [0.1, 0.15) is 0 Å². The highest BCUT2D eigenvalue weighted by Gasteiger charge is 2.25. The smallest absolute Gasteiger partial charge is 0.270 e. The third kappa shape index (κ3) is 3.26. The molecule has 108 valence electrons. The van der Waals surface area contributed by atoms with Crippen LogP contribution < -0.4 is 5.32 Å². The van der Waals surface area contributed by atoms with Crippen molar-refractivity contribution in [2.75, 3.05) is 13.2 Å². The van der Waals surface area contributed by atoms with Gasteiger partial charge in [-0.1, -0.05) is 11.6 Å². The maximum Gasteiger partial charge on any atom is 0.270 e. The van der Waals surface area contributed by atoms with Gasteiger partial charge in [-0.25, -0.2) is 0 Å². The Bertz CT molecular complexity index is 535. The Kier molecular flexibility index (Phi) is 4.57. The van der Waals surface area contributed by atoms with E-state index < -0.39 is 10.8 Å². The first-order valence-corrected chi connectivity index (χ1v) is 6.70. The van der Waals surface area contributed by atoms with Crippen LogP contribution >= 0.6 is 11.6 Å². The Hall–Kier alpha value is -1.66. The molecule has 7 heteroatoms. The van der Waals surface area contributed by atoms with Crippen LogP contribution in [0.1, 0.15) is 23.7 Å². The van der Waals surface area contributed by atoms with Crippen molar-refractivity contribution >= 4 is 23.2 Å². The molecule has 1 aromatic rings. The predicted octanol–water partition coefficient (Wildman–Crippen LogP) is 2.40. The molecule has 2 rings (SSSR count). The number of non-ortho nitro benzene ring substituents is 1. The number of nitrogens with zero attached hydrogens (tertiary/aromatic N) is 1. The fraction of sp³-hybridized carbons (Fsp3) is 0.462. The fourth-order valence-corrected chi connectivity index (χ4v) is 2.37. The van der Waals surface area contributed by atoms with Crippen LogP contribution in [-0.2, 0) is 4.74 Å². The van der Waals surface area contributed by atoms with E-state index in [1.165, 1.54) is 18.2 Å². The van der Waals surface area contributed by atoms with Gasteiger partial charge in [-0.3, -0.25) is 14.9 Å². The van der Waals surface area contributed by atoms with Crippen molar-refractivity contribution in [1.82, 2.24) is 5.32 Å². The highest BCUT2D eigenvalue weighted by Crippen LogP contribution is 2.23. The van der Waals surface area contributed by atoms with Crippen molar-refractivity contribution in [3.63, 3.8) is 0 Å². The van der Waals surface area contributed by atoms with Crippen LogP contribution in [0.15, 0.2) is 18.2 Å². The second-order valence-electron chi connectivity index (χ2n) is 4.76. The summed E-state index contributed by atoms with van der Waals surface area (Å²) in [5, 5.41) is 13.7. The van der Waals surface area contributed by atoms with Gasteiger partial charge in [-0.2, -0.15) is 0 Å². The van der Waals surface area contributed by atoms with E-state index in [0.29, 0.717) is 13.2 Å². The van der Waals surface area contributed by atoms with Gasteiger partial charge in [0.25, 0.3) is 11.6 Å². The molecule has 1 saturated heterocycles. The van der Waals surface area contributed by atoms with E-state index in [4.69, 9.17) is 16.3 Å². The quantitative estimate of drug-likeness (QED) is 0.683. The molecule has 1 amide bonds. The summed E-state index contributed by atoms with van der Waals surface area (Å²) in [4.78, 5) is 22.2. The molecule has 0 radical (unpaired) electrons. The number of ether oxygens (including phenoxy) is 1. The zero-order valence-electron chi connectivity index (χ0n) is 11.0. The molecule has 0 spiro atoms. The van der Waals surface area contributed by atoms with Crippen molar-refractivity contribution in [3.8, 4) is 0 Å². The molecule has 1 aromatic carbocycles. The first-order chi connectivity index (χ1) is 9.49. The van der Waals surface area contributed by atoms with Gasteiger partial charge >= 0.3 is 0 Å². The molecule has 0 saturated carbocycles. The molecule has 0 aromatic heterocycles. The van der Waals surface area contributed by atoms with Crippen molar-refractivity contribution in [3.05, 3.63) is 38.9 Å². The van der Waals surface area contributed by atoms with Gasteiger partial charge in [0.2, 0.25) is 0 Å². The molecular weight excluding hydrogens is 284 g/mol. The van der Waals surface area contributed by atoms with Gasteiger partial charge in [-0.15, -0.1) is 0 Å². The van der Waals surface area contributed by atoms with E-state index in [9.17, 15) is 14.9 Å². The highest BCUT2D eigenvalue weighted by molar-refractivity contribution is 6.33. The topological polar surface area (TPSA) is 81.5 Å². The van der Waals surface area contributed by atoms with Crippen LogP contribution in [0.4, 0.5) is 5.69 Å². The first-order valence-electron chi connectivity index (χ1n) is 6.33. The number of nitro benzene ring substituents is 1. The number of carbonyl (C=O) groups excluding carboxylic acids is 1. The SMILES string of the molecule is CC1OCCC1CNC(=O)c1cc([N+](=O)[O-])ccc1Cl. The Labute approximate surface area is 121 Å². The van der Waals surface area contributed by atoms with Gasteiger partial charge in [0.05, 0.1) is 21.6 Å². The number of nitro groups is 1. The minimum absolute atomic E-state index is 0.107. The third-order valence-electron chi connectivity index (χ3n) is 3.46. The van der Waals surface area contributed by atoms with E-state index in [0.717, 1.165) is 6.42 Å². The summed E-state index contributed by atoms with van der Waals surface area (Å²) in [5.41, 5.74) is -0.0375. The van der Waals surface area contributed by atoms with Crippen LogP contribution in [0, 0.1) is 16.0 Å². The number of nitrogens with one attached hydrogen (secondary N) is 1. The molecular formula is C13H15ClN2O4. The number of rotatable bonds is 4. The maximum atomic E-state index is 12.0. The third-order valence-corrected chi connectivity index (χ3v) is 3.79. The van der Waals surface area contributed by atoms with Crippen LogP contribution in [0.3, 0.4) is 0 Å². The number of carbonyl (C=O) groups is 1. The zero-order valence-corrected chi connectivity index (χ0v) is 11.7. The normalized spacial score (nSPS) is 21.7. The summed E-state index contributed by atoms with van der Waals surface area (Å²) in [6.45, 7) is 3.13. The van der Waals surface area contributed by atoms with Crippen LogP contribution in [0.5, 0.6) is 0 Å². The molecule has 1 aliphatic heterocycles. The number of hydrogen-bond donors (Lipinski definition) is 1. The summed E-state index contributed by atoms with van der Waals surface area (Å²) in [5.74, 6) is -0.144. The Balaban J connectivity index is 2.05. The minimum atomic E-state index is -0.556. The number of halogens is 1. The first kappa shape index (κ1) is 14.7. The molecule has 0 aliphatic carbocycles. The lowest BCUT2D eigenvalue weighted by Crippen LogP contribution is -2.32. The fourth-order valence-electron chi connectivity index (χ4n) is 2.16. The lowest BCUT2D eigenvalue weighted by molar-refractivity contribution is -0.384. The van der Waals surface area contributed by atoms with E-state index in [-0.39, 0.29) is 28.3 Å². The molecule has 1 N–H and O–H groups in total. The van der Waals surface area contributed by atoms with Gasteiger partial charge in [-0.05, 0) is 19.4 Å². The van der Waals surface area contributed by atoms with Crippen LogP contribution in [0.2, 0.25) is 5.02 Å². The average molecular weight is 299 g/mol. The summed E-state index contributed by atoms with van der Waals surface area (Å²) >= 11 is 5.91. The molecule has 0 bridgehead atoms. The predicted molar refractivity (Wildman–Crippen MR) is 74.0 cm³/mol. The van der Waals surface area contributed by atoms with E-state index in [2.05, 4.69) is 5.32 Å². The number of benzene rings is 1. The van der Waals surface area contributed by atoms with Crippen molar-refractivity contribution < 1.29 is 14.5 Å². The van der Waals surface area contributed by atoms with Gasteiger partial charge in [0.15, 0.2) is 0 Å². The van der Waals surface area contributed by atoms with E-state index >= 15 is 0 Å². The second kappa shape index (κ2) is 6.19. The van der Waals surface area contributed by atoms with Crippen molar-refractivity contribution in [2.24, 2.45) is 5.92 Å². The largest absolute Gasteiger partial charge is 0.378 e. The standard InChI is InChI=1S/C13H15ClN2O4/c1-8-9(4-5-20-8)7-15-13(17)11-6-10(16(18)19)2-3-12(11)14/h2-3,6,8-9H,4-5,7H2,1H3,(H,15,17). The molecule has 1 heterocycles. The second-order valence-corrected chi connectivity index (χ2v) is 5.16. The monoisotopic (exact) mass is 298 g/mol. The summed E-state index contributed by atoms with van der Waals surface area (Å²) in [6.07, 6.45) is 1.00. The molecule has 2 unspecified atom stereocenters. The lowest BCUT2D eigenvalue weighted by atomic mass is 10.0. The zero-order chi connectivity index (χ0) is 14.7. The molecule has 6 nitrogen and oxygen atoms in total. The van der Waals surface area contributed by atoms with Gasteiger partial charge < -0.3 is 10.1 Å². The summed E-state index contributed by atoms with van der Waals surface area (Å²) in [7, 11) is 0. The molecule has 2 atom stereocenters. The molecule has 20 heavy (non-hydrogen) atoms. The van der Waals surface area contributed by atoms with Crippen LogP contribution in [-0.4, -0.2) is 30.1 Å². The van der Waals surface area contributed by atoms with E-state index in [1.54, 1.807) is 0 Å². The van der Waals surface area contributed by atoms with Gasteiger partial charge in [0, 0.05) is 31.2 Å².